The van der Waals surface area contributed by atoms with E-state index in [2.05, 4.69) is 23.3 Å². The first kappa shape index (κ1) is 16.5. The molecule has 1 N–H and O–H groups in total. The molecular formula is C20H24N2O2. The van der Waals surface area contributed by atoms with E-state index in [-0.39, 0.29) is 11.9 Å². The molecule has 24 heavy (non-hydrogen) atoms. The fraction of sp³-hybridized carbons (Fsp3) is 0.400. The molecule has 4 heteroatoms. The van der Waals surface area contributed by atoms with E-state index >= 15 is 0 Å². The molecule has 0 radical (unpaired) electrons. The maximum Gasteiger partial charge on any atom is 0.220 e. The normalized spacial score (nSPS) is 14.9. The van der Waals surface area contributed by atoms with Gasteiger partial charge < -0.3 is 10.1 Å². The predicted molar refractivity (Wildman–Crippen MR) is 93.9 cm³/mol. The highest BCUT2D eigenvalue weighted by atomic mass is 16.5. The van der Waals surface area contributed by atoms with Gasteiger partial charge in [0.2, 0.25) is 5.91 Å². The maximum atomic E-state index is 12.4. The molecule has 2 aromatic rings. The largest absolute Gasteiger partial charge is 0.497 e. The molecular weight excluding hydrogens is 300 g/mol. The number of nitrogens with zero attached hydrogens (tertiary/aromatic N) is 1. The first-order chi connectivity index (χ1) is 11.7. The molecule has 1 heterocycles. The van der Waals surface area contributed by atoms with E-state index < -0.39 is 0 Å². The molecule has 1 fully saturated rings. The Morgan fingerprint density at radius 2 is 2.17 bits per heavy atom. The molecule has 0 saturated heterocycles. The Morgan fingerprint density at radius 1 is 1.33 bits per heavy atom. The Morgan fingerprint density at radius 3 is 2.88 bits per heavy atom. The van der Waals surface area contributed by atoms with Crippen molar-refractivity contribution >= 4 is 5.91 Å². The highest BCUT2D eigenvalue weighted by molar-refractivity contribution is 5.76. The molecule has 0 unspecified atom stereocenters. The van der Waals surface area contributed by atoms with Crippen molar-refractivity contribution in [3.05, 3.63) is 59.4 Å². The molecule has 0 spiro atoms. The fourth-order valence-corrected chi connectivity index (χ4v) is 2.99. The predicted octanol–water partition coefficient (Wildman–Crippen LogP) is 3.60. The van der Waals surface area contributed by atoms with Crippen LogP contribution in [-0.2, 0) is 11.2 Å². The van der Waals surface area contributed by atoms with E-state index in [1.165, 1.54) is 0 Å². The summed E-state index contributed by atoms with van der Waals surface area (Å²) >= 11 is 0. The average Bonchev–Trinajstić information content (AvgIpc) is 3.44. The summed E-state index contributed by atoms with van der Waals surface area (Å²) in [6.07, 6.45) is 5.32. The van der Waals surface area contributed by atoms with Crippen molar-refractivity contribution in [2.24, 2.45) is 5.92 Å². The lowest BCUT2D eigenvalue weighted by atomic mass is 10.0. The van der Waals surface area contributed by atoms with Gasteiger partial charge in [0, 0.05) is 12.6 Å². The first-order valence-electron chi connectivity index (χ1n) is 8.51. The molecule has 1 saturated carbocycles. The van der Waals surface area contributed by atoms with E-state index in [4.69, 9.17) is 4.74 Å². The number of nitrogens with one attached hydrogen (secondary N) is 1. The summed E-state index contributed by atoms with van der Waals surface area (Å²) in [5, 5.41) is 3.20. The molecule has 1 aromatic carbocycles. The smallest absolute Gasteiger partial charge is 0.220 e. The number of benzene rings is 1. The number of ether oxygens (including phenoxy) is 1. The van der Waals surface area contributed by atoms with E-state index in [0.717, 1.165) is 35.4 Å². The zero-order valence-corrected chi connectivity index (χ0v) is 14.3. The van der Waals surface area contributed by atoms with Gasteiger partial charge in [-0.25, -0.2) is 0 Å². The standard InChI is InChI=1S/C20H24N2O2/c1-14-5-4-12-21-19(14)20(16-9-10-16)22-18(23)11-8-15-6-3-7-17(13-15)24-2/h3-7,12-13,16,20H,8-11H2,1-2H3,(H,22,23)/t20-/m1/s1. The minimum absolute atomic E-state index is 0.0454. The van der Waals surface area contributed by atoms with Gasteiger partial charge in [0.25, 0.3) is 0 Å². The van der Waals surface area contributed by atoms with E-state index in [9.17, 15) is 4.79 Å². The van der Waals surface area contributed by atoms with E-state index in [1.807, 2.05) is 30.3 Å². The van der Waals surface area contributed by atoms with Crippen LogP contribution in [0.4, 0.5) is 0 Å². The second-order valence-corrected chi connectivity index (χ2v) is 6.44. The summed E-state index contributed by atoms with van der Waals surface area (Å²) in [7, 11) is 1.65. The second kappa shape index (κ2) is 7.47. The van der Waals surface area contributed by atoms with Gasteiger partial charge in [-0.3, -0.25) is 9.78 Å². The van der Waals surface area contributed by atoms with Crippen LogP contribution in [0.15, 0.2) is 42.6 Å². The van der Waals surface area contributed by atoms with Gasteiger partial charge in [0.15, 0.2) is 0 Å². The van der Waals surface area contributed by atoms with Crippen LogP contribution in [0.3, 0.4) is 0 Å². The van der Waals surface area contributed by atoms with Gasteiger partial charge in [0.05, 0.1) is 18.8 Å². The van der Waals surface area contributed by atoms with Crippen LogP contribution in [0.5, 0.6) is 5.75 Å². The van der Waals surface area contributed by atoms with Crippen molar-refractivity contribution in [2.45, 2.75) is 38.6 Å². The lowest BCUT2D eigenvalue weighted by Crippen LogP contribution is -2.31. The van der Waals surface area contributed by atoms with Crippen LogP contribution in [0.2, 0.25) is 0 Å². The number of carbonyl (C=O) groups excluding carboxylic acids is 1. The lowest BCUT2D eigenvalue weighted by Gasteiger charge is -2.19. The Labute approximate surface area is 143 Å². The molecule has 0 bridgehead atoms. The summed E-state index contributed by atoms with van der Waals surface area (Å²) in [5.41, 5.74) is 3.26. The number of carbonyl (C=O) groups is 1. The number of hydrogen-bond donors (Lipinski definition) is 1. The highest BCUT2D eigenvalue weighted by Gasteiger charge is 2.34. The Kier molecular flexibility index (Phi) is 5.14. The van der Waals surface area contributed by atoms with Crippen molar-refractivity contribution in [2.75, 3.05) is 7.11 Å². The molecule has 1 atom stereocenters. The molecule has 126 valence electrons. The maximum absolute atomic E-state index is 12.4. The van der Waals surface area contributed by atoms with Gasteiger partial charge in [-0.15, -0.1) is 0 Å². The minimum Gasteiger partial charge on any atom is -0.497 e. The van der Waals surface area contributed by atoms with Crippen molar-refractivity contribution in [1.29, 1.82) is 0 Å². The minimum atomic E-state index is 0.0454. The highest BCUT2D eigenvalue weighted by Crippen LogP contribution is 2.41. The second-order valence-electron chi connectivity index (χ2n) is 6.44. The Bertz CT molecular complexity index is 710. The molecule has 1 aliphatic carbocycles. The fourth-order valence-electron chi connectivity index (χ4n) is 2.99. The van der Waals surface area contributed by atoms with Crippen LogP contribution in [-0.4, -0.2) is 18.0 Å². The average molecular weight is 324 g/mol. The Balaban J connectivity index is 1.61. The lowest BCUT2D eigenvalue weighted by molar-refractivity contribution is -0.122. The summed E-state index contributed by atoms with van der Waals surface area (Å²) in [5.74, 6) is 1.44. The van der Waals surface area contributed by atoms with E-state index in [1.54, 1.807) is 13.3 Å². The van der Waals surface area contributed by atoms with Crippen LogP contribution in [0.25, 0.3) is 0 Å². The van der Waals surface area contributed by atoms with Crippen molar-refractivity contribution in [1.82, 2.24) is 10.3 Å². The quantitative estimate of drug-likeness (QED) is 0.846. The summed E-state index contributed by atoms with van der Waals surface area (Å²) in [4.78, 5) is 16.9. The first-order valence-corrected chi connectivity index (χ1v) is 8.51. The number of aromatic nitrogens is 1. The van der Waals surface area contributed by atoms with Gasteiger partial charge in [0.1, 0.15) is 5.75 Å². The summed E-state index contributed by atoms with van der Waals surface area (Å²) in [6.45, 7) is 2.06. The molecule has 1 aliphatic rings. The third kappa shape index (κ3) is 4.13. The topological polar surface area (TPSA) is 51.2 Å². The number of aryl methyl sites for hydroxylation is 2. The van der Waals surface area contributed by atoms with Gasteiger partial charge >= 0.3 is 0 Å². The summed E-state index contributed by atoms with van der Waals surface area (Å²) < 4.78 is 5.23. The molecule has 1 amide bonds. The van der Waals surface area contributed by atoms with Crippen molar-refractivity contribution < 1.29 is 9.53 Å². The van der Waals surface area contributed by atoms with Crippen LogP contribution in [0, 0.1) is 12.8 Å². The van der Waals surface area contributed by atoms with Gasteiger partial charge in [-0.1, -0.05) is 18.2 Å². The van der Waals surface area contributed by atoms with Crippen LogP contribution >= 0.6 is 0 Å². The monoisotopic (exact) mass is 324 g/mol. The van der Waals surface area contributed by atoms with Crippen LogP contribution < -0.4 is 10.1 Å². The summed E-state index contributed by atoms with van der Waals surface area (Å²) in [6, 6.07) is 11.9. The zero-order valence-electron chi connectivity index (χ0n) is 14.3. The zero-order chi connectivity index (χ0) is 16.9. The molecule has 4 nitrogen and oxygen atoms in total. The third-order valence-corrected chi connectivity index (χ3v) is 4.53. The molecule has 1 aromatic heterocycles. The van der Waals surface area contributed by atoms with E-state index in [0.29, 0.717) is 18.8 Å². The number of rotatable bonds is 7. The number of hydrogen-bond acceptors (Lipinski definition) is 3. The number of pyridine rings is 1. The SMILES string of the molecule is COc1cccc(CCC(=O)N[C@@H](c2ncccc2C)C2CC2)c1. The van der Waals surface area contributed by atoms with Gasteiger partial charge in [-0.2, -0.15) is 0 Å². The third-order valence-electron chi connectivity index (χ3n) is 4.53. The molecule has 0 aliphatic heterocycles. The van der Waals surface area contributed by atoms with Crippen molar-refractivity contribution in [3.8, 4) is 5.75 Å². The Hall–Kier alpha value is -2.36. The molecule has 3 rings (SSSR count). The van der Waals surface area contributed by atoms with Crippen LogP contribution in [0.1, 0.15) is 42.1 Å². The number of amides is 1. The van der Waals surface area contributed by atoms with Crippen molar-refractivity contribution in [3.63, 3.8) is 0 Å². The van der Waals surface area contributed by atoms with Gasteiger partial charge in [-0.05, 0) is 61.4 Å². The number of methoxy groups -OCH3 is 1.